The lowest BCUT2D eigenvalue weighted by molar-refractivity contribution is 0.178. The SMILES string of the molecule is CCN(Cc1cccc(Cl)c1)CC1(C)CCNC1. The summed E-state index contributed by atoms with van der Waals surface area (Å²) in [4.78, 5) is 2.51. The van der Waals surface area contributed by atoms with E-state index in [9.17, 15) is 0 Å². The molecule has 0 aliphatic carbocycles. The monoisotopic (exact) mass is 266 g/mol. The number of rotatable bonds is 5. The Balaban J connectivity index is 1.97. The van der Waals surface area contributed by atoms with Gasteiger partial charge in [0, 0.05) is 24.7 Å². The minimum atomic E-state index is 0.425. The second-order valence-electron chi connectivity index (χ2n) is 5.67. The van der Waals surface area contributed by atoms with E-state index in [1.54, 1.807) is 0 Å². The van der Waals surface area contributed by atoms with Gasteiger partial charge in [0.15, 0.2) is 0 Å². The first-order chi connectivity index (χ1) is 8.61. The maximum atomic E-state index is 6.04. The molecule has 0 amide bonds. The van der Waals surface area contributed by atoms with Crippen molar-refractivity contribution in [2.45, 2.75) is 26.8 Å². The van der Waals surface area contributed by atoms with Crippen LogP contribution in [0, 0.1) is 5.41 Å². The molecule has 0 saturated carbocycles. The fraction of sp³-hybridized carbons (Fsp3) is 0.600. The molecule has 1 aromatic carbocycles. The number of halogens is 1. The molecule has 1 atom stereocenters. The molecule has 0 bridgehead atoms. The Kier molecular flexibility index (Phi) is 4.66. The molecule has 100 valence electrons. The zero-order valence-corrected chi connectivity index (χ0v) is 12.1. The molecule has 1 heterocycles. The predicted molar refractivity (Wildman–Crippen MR) is 78.0 cm³/mol. The highest BCUT2D eigenvalue weighted by molar-refractivity contribution is 6.30. The maximum absolute atomic E-state index is 6.04. The highest BCUT2D eigenvalue weighted by Crippen LogP contribution is 2.26. The molecule has 3 heteroatoms. The number of hydrogen-bond acceptors (Lipinski definition) is 2. The van der Waals surface area contributed by atoms with Gasteiger partial charge in [-0.25, -0.2) is 0 Å². The molecule has 1 aliphatic heterocycles. The number of hydrogen-bond donors (Lipinski definition) is 1. The molecule has 1 fully saturated rings. The van der Waals surface area contributed by atoms with E-state index in [1.165, 1.54) is 12.0 Å². The fourth-order valence-electron chi connectivity index (χ4n) is 2.72. The first kappa shape index (κ1) is 13.9. The third-order valence-corrected chi connectivity index (χ3v) is 4.04. The van der Waals surface area contributed by atoms with Crippen LogP contribution in [0.3, 0.4) is 0 Å². The van der Waals surface area contributed by atoms with E-state index >= 15 is 0 Å². The summed E-state index contributed by atoms with van der Waals surface area (Å²) in [6, 6.07) is 8.19. The summed E-state index contributed by atoms with van der Waals surface area (Å²) in [6.07, 6.45) is 1.28. The summed E-state index contributed by atoms with van der Waals surface area (Å²) in [5.41, 5.74) is 1.73. The Morgan fingerprint density at radius 3 is 2.89 bits per heavy atom. The molecule has 1 saturated heterocycles. The first-order valence-corrected chi connectivity index (χ1v) is 7.17. The number of benzene rings is 1. The van der Waals surface area contributed by atoms with Crippen LogP contribution in [0.25, 0.3) is 0 Å². The van der Waals surface area contributed by atoms with Crippen LogP contribution < -0.4 is 5.32 Å². The highest BCUT2D eigenvalue weighted by Gasteiger charge is 2.30. The van der Waals surface area contributed by atoms with Gasteiger partial charge in [0.2, 0.25) is 0 Å². The summed E-state index contributed by atoms with van der Waals surface area (Å²) in [7, 11) is 0. The molecular weight excluding hydrogens is 244 g/mol. The molecular formula is C15H23ClN2. The van der Waals surface area contributed by atoms with Crippen LogP contribution >= 0.6 is 11.6 Å². The van der Waals surface area contributed by atoms with Crippen LogP contribution in [0.1, 0.15) is 25.8 Å². The van der Waals surface area contributed by atoms with Gasteiger partial charge in [-0.15, -0.1) is 0 Å². The first-order valence-electron chi connectivity index (χ1n) is 6.79. The van der Waals surface area contributed by atoms with Crippen molar-refractivity contribution in [2.75, 3.05) is 26.2 Å². The van der Waals surface area contributed by atoms with Gasteiger partial charge in [0.25, 0.3) is 0 Å². The summed E-state index contributed by atoms with van der Waals surface area (Å²) in [6.45, 7) is 10.1. The van der Waals surface area contributed by atoms with E-state index in [-0.39, 0.29) is 0 Å². The van der Waals surface area contributed by atoms with E-state index in [1.807, 2.05) is 12.1 Å². The third kappa shape index (κ3) is 3.71. The van der Waals surface area contributed by atoms with E-state index in [2.05, 4.69) is 36.2 Å². The van der Waals surface area contributed by atoms with E-state index in [4.69, 9.17) is 11.6 Å². The van der Waals surface area contributed by atoms with Crippen molar-refractivity contribution in [1.82, 2.24) is 10.2 Å². The summed E-state index contributed by atoms with van der Waals surface area (Å²) in [5, 5.41) is 4.30. The zero-order chi connectivity index (χ0) is 13.0. The van der Waals surface area contributed by atoms with Gasteiger partial charge in [-0.2, -0.15) is 0 Å². The lowest BCUT2D eigenvalue weighted by Gasteiger charge is -2.31. The minimum absolute atomic E-state index is 0.425. The molecule has 18 heavy (non-hydrogen) atoms. The predicted octanol–water partition coefficient (Wildman–Crippen LogP) is 3.16. The van der Waals surface area contributed by atoms with Crippen molar-refractivity contribution in [3.63, 3.8) is 0 Å². The van der Waals surface area contributed by atoms with E-state index < -0.39 is 0 Å². The van der Waals surface area contributed by atoms with E-state index in [0.717, 1.165) is 37.7 Å². The smallest absolute Gasteiger partial charge is 0.0409 e. The highest BCUT2D eigenvalue weighted by atomic mass is 35.5. The quantitative estimate of drug-likeness (QED) is 0.881. The van der Waals surface area contributed by atoms with Crippen LogP contribution in [0.4, 0.5) is 0 Å². The number of nitrogens with one attached hydrogen (secondary N) is 1. The Bertz CT molecular complexity index is 386. The zero-order valence-electron chi connectivity index (χ0n) is 11.4. The number of nitrogens with zero attached hydrogens (tertiary/aromatic N) is 1. The lowest BCUT2D eigenvalue weighted by Crippen LogP contribution is -2.37. The largest absolute Gasteiger partial charge is 0.316 e. The average Bonchev–Trinajstić information content (AvgIpc) is 2.75. The Hall–Kier alpha value is -0.570. The van der Waals surface area contributed by atoms with Crippen molar-refractivity contribution in [1.29, 1.82) is 0 Å². The van der Waals surface area contributed by atoms with Gasteiger partial charge in [-0.1, -0.05) is 37.6 Å². The van der Waals surface area contributed by atoms with Crippen molar-refractivity contribution in [3.8, 4) is 0 Å². The van der Waals surface area contributed by atoms with E-state index in [0.29, 0.717) is 5.41 Å². The van der Waals surface area contributed by atoms with Gasteiger partial charge < -0.3 is 5.32 Å². The topological polar surface area (TPSA) is 15.3 Å². The Labute approximate surface area is 115 Å². The Morgan fingerprint density at radius 2 is 2.28 bits per heavy atom. The van der Waals surface area contributed by atoms with Crippen LogP contribution in [-0.2, 0) is 6.54 Å². The molecule has 0 spiro atoms. The second-order valence-corrected chi connectivity index (χ2v) is 6.11. The maximum Gasteiger partial charge on any atom is 0.0409 e. The second kappa shape index (κ2) is 6.05. The molecule has 0 radical (unpaired) electrons. The van der Waals surface area contributed by atoms with Crippen LogP contribution in [0.5, 0.6) is 0 Å². The lowest BCUT2D eigenvalue weighted by atomic mass is 9.89. The minimum Gasteiger partial charge on any atom is -0.316 e. The summed E-state index contributed by atoms with van der Waals surface area (Å²) >= 11 is 6.04. The molecule has 0 aromatic heterocycles. The molecule has 1 aromatic rings. The third-order valence-electron chi connectivity index (χ3n) is 3.80. The average molecular weight is 267 g/mol. The fourth-order valence-corrected chi connectivity index (χ4v) is 2.93. The van der Waals surface area contributed by atoms with Crippen LogP contribution in [0.2, 0.25) is 5.02 Å². The van der Waals surface area contributed by atoms with Gasteiger partial charge in [0.1, 0.15) is 0 Å². The van der Waals surface area contributed by atoms with Crippen LogP contribution in [-0.4, -0.2) is 31.1 Å². The van der Waals surface area contributed by atoms with Crippen LogP contribution in [0.15, 0.2) is 24.3 Å². The van der Waals surface area contributed by atoms with Crippen molar-refractivity contribution in [3.05, 3.63) is 34.9 Å². The molecule has 2 rings (SSSR count). The van der Waals surface area contributed by atoms with Gasteiger partial charge in [-0.3, -0.25) is 4.90 Å². The normalized spacial score (nSPS) is 23.8. The Morgan fingerprint density at radius 1 is 1.44 bits per heavy atom. The molecule has 1 N–H and O–H groups in total. The standard InChI is InChI=1S/C15H23ClN2/c1-3-18(12-15(2)7-8-17-11-15)10-13-5-4-6-14(16)9-13/h4-6,9,17H,3,7-8,10-12H2,1-2H3. The van der Waals surface area contributed by atoms with Gasteiger partial charge in [-0.05, 0) is 42.6 Å². The summed E-state index contributed by atoms with van der Waals surface area (Å²) < 4.78 is 0. The van der Waals surface area contributed by atoms with Crippen molar-refractivity contribution >= 4 is 11.6 Å². The summed E-state index contributed by atoms with van der Waals surface area (Å²) in [5.74, 6) is 0. The van der Waals surface area contributed by atoms with Gasteiger partial charge in [0.05, 0.1) is 0 Å². The molecule has 1 unspecified atom stereocenters. The van der Waals surface area contributed by atoms with Crippen molar-refractivity contribution < 1.29 is 0 Å². The van der Waals surface area contributed by atoms with Gasteiger partial charge >= 0.3 is 0 Å². The molecule has 2 nitrogen and oxygen atoms in total. The van der Waals surface area contributed by atoms with Crippen molar-refractivity contribution in [2.24, 2.45) is 5.41 Å². The molecule has 1 aliphatic rings.